The number of hydrogen-bond acceptors (Lipinski definition) is 4. The van der Waals surface area contributed by atoms with Crippen LogP contribution in [-0.2, 0) is 4.79 Å². The lowest BCUT2D eigenvalue weighted by molar-refractivity contribution is -0.109. The molecular formula is C19H18N2O3. The van der Waals surface area contributed by atoms with Gasteiger partial charge in [-0.25, -0.2) is 0 Å². The van der Waals surface area contributed by atoms with E-state index in [0.717, 1.165) is 24.0 Å². The smallest absolute Gasteiger partial charge is 0.254 e. The Bertz CT molecular complexity index is 771. The molecule has 2 bridgehead atoms. The second-order valence-electron chi connectivity index (χ2n) is 5.49. The highest BCUT2D eigenvalue weighted by atomic mass is 16.5. The molecule has 1 aliphatic heterocycles. The van der Waals surface area contributed by atoms with Gasteiger partial charge < -0.3 is 14.8 Å². The SMILES string of the molecule is O=C[C@@H]1CC=CCCOc2cccc(c2)-c2ncccc2C(=O)N1. The van der Waals surface area contributed by atoms with Crippen LogP contribution < -0.4 is 10.1 Å². The first-order chi connectivity index (χ1) is 11.8. The maximum Gasteiger partial charge on any atom is 0.254 e. The molecule has 0 aliphatic carbocycles. The molecule has 0 radical (unpaired) electrons. The van der Waals surface area contributed by atoms with E-state index in [1.54, 1.807) is 18.3 Å². The molecule has 1 atom stereocenters. The first-order valence-corrected chi connectivity index (χ1v) is 7.87. The third kappa shape index (κ3) is 3.68. The summed E-state index contributed by atoms with van der Waals surface area (Å²) in [6, 6.07) is 10.4. The van der Waals surface area contributed by atoms with E-state index in [1.165, 1.54) is 0 Å². The minimum Gasteiger partial charge on any atom is -0.493 e. The fourth-order valence-corrected chi connectivity index (χ4v) is 2.55. The van der Waals surface area contributed by atoms with Crippen LogP contribution in [0.4, 0.5) is 0 Å². The van der Waals surface area contributed by atoms with E-state index in [4.69, 9.17) is 4.74 Å². The van der Waals surface area contributed by atoms with E-state index in [9.17, 15) is 9.59 Å². The van der Waals surface area contributed by atoms with Crippen molar-refractivity contribution in [2.45, 2.75) is 18.9 Å². The monoisotopic (exact) mass is 322 g/mol. The predicted molar refractivity (Wildman–Crippen MR) is 90.9 cm³/mol. The Labute approximate surface area is 140 Å². The number of rotatable bonds is 1. The minimum atomic E-state index is -0.558. The van der Waals surface area contributed by atoms with Crippen LogP contribution in [0.3, 0.4) is 0 Å². The Morgan fingerprint density at radius 2 is 2.12 bits per heavy atom. The van der Waals surface area contributed by atoms with E-state index >= 15 is 0 Å². The molecule has 1 aromatic carbocycles. The Hall–Kier alpha value is -2.95. The molecule has 0 fully saturated rings. The van der Waals surface area contributed by atoms with Crippen molar-refractivity contribution in [3.63, 3.8) is 0 Å². The van der Waals surface area contributed by atoms with Crippen LogP contribution in [0.25, 0.3) is 11.3 Å². The Morgan fingerprint density at radius 3 is 3.00 bits per heavy atom. The summed E-state index contributed by atoms with van der Waals surface area (Å²) in [7, 11) is 0. The number of pyridine rings is 1. The van der Waals surface area contributed by atoms with Crippen LogP contribution in [0.2, 0.25) is 0 Å². The van der Waals surface area contributed by atoms with Crippen molar-refractivity contribution in [3.05, 3.63) is 60.3 Å². The number of carbonyl (C=O) groups excluding carboxylic acids is 2. The van der Waals surface area contributed by atoms with Gasteiger partial charge in [0, 0.05) is 11.8 Å². The molecule has 2 aromatic rings. The van der Waals surface area contributed by atoms with Gasteiger partial charge in [-0.2, -0.15) is 0 Å². The predicted octanol–water partition coefficient (Wildman–Crippen LogP) is 2.77. The second kappa shape index (κ2) is 7.55. The average Bonchev–Trinajstić information content (AvgIpc) is 2.63. The van der Waals surface area contributed by atoms with Crippen molar-refractivity contribution < 1.29 is 14.3 Å². The fraction of sp³-hybridized carbons (Fsp3) is 0.211. The zero-order valence-electron chi connectivity index (χ0n) is 13.1. The molecule has 1 N–H and O–H groups in total. The molecule has 5 nitrogen and oxygen atoms in total. The lowest BCUT2D eigenvalue weighted by Gasteiger charge is -2.14. The van der Waals surface area contributed by atoms with Gasteiger partial charge in [0.2, 0.25) is 0 Å². The van der Waals surface area contributed by atoms with Crippen molar-refractivity contribution in [2.24, 2.45) is 0 Å². The third-order valence-electron chi connectivity index (χ3n) is 3.75. The number of ether oxygens (including phenoxy) is 1. The van der Waals surface area contributed by atoms with Crippen LogP contribution in [-0.4, -0.2) is 29.8 Å². The molecule has 24 heavy (non-hydrogen) atoms. The largest absolute Gasteiger partial charge is 0.493 e. The Balaban J connectivity index is 2.03. The van der Waals surface area contributed by atoms with Crippen molar-refractivity contribution in [3.8, 4) is 17.0 Å². The number of nitrogens with zero attached hydrogens (tertiary/aromatic N) is 1. The van der Waals surface area contributed by atoms with E-state index < -0.39 is 6.04 Å². The van der Waals surface area contributed by atoms with E-state index in [0.29, 0.717) is 24.3 Å². The van der Waals surface area contributed by atoms with Crippen LogP contribution in [0, 0.1) is 0 Å². The van der Waals surface area contributed by atoms with Gasteiger partial charge in [0.05, 0.1) is 23.9 Å². The minimum absolute atomic E-state index is 0.313. The highest BCUT2D eigenvalue weighted by Crippen LogP contribution is 2.25. The van der Waals surface area contributed by atoms with Gasteiger partial charge in [0.15, 0.2) is 0 Å². The number of fused-ring (bicyclic) bond motifs is 4. The zero-order chi connectivity index (χ0) is 16.8. The summed E-state index contributed by atoms with van der Waals surface area (Å²) in [5.41, 5.74) is 1.80. The van der Waals surface area contributed by atoms with Crippen LogP contribution in [0.5, 0.6) is 5.75 Å². The average molecular weight is 322 g/mol. The summed E-state index contributed by atoms with van der Waals surface area (Å²) < 4.78 is 5.74. The number of aldehydes is 1. The number of hydrogen-bond donors (Lipinski definition) is 1. The molecule has 1 aromatic heterocycles. The summed E-state index contributed by atoms with van der Waals surface area (Å²) in [6.45, 7) is 0.549. The standard InChI is InChI=1S/C19H18N2O3/c22-13-15-7-2-1-3-11-24-16-8-4-6-14(12-16)18-17(19(23)21-15)9-5-10-20-18/h1-2,4-6,8-10,12-13,15H,3,7,11H2,(H,21,23)/t15-/m0/s1. The first-order valence-electron chi connectivity index (χ1n) is 7.87. The van der Waals surface area contributed by atoms with E-state index in [1.807, 2.05) is 36.4 Å². The highest BCUT2D eigenvalue weighted by molar-refractivity contribution is 6.01. The summed E-state index contributed by atoms with van der Waals surface area (Å²) in [4.78, 5) is 28.1. The number of aromatic nitrogens is 1. The van der Waals surface area contributed by atoms with Crippen LogP contribution in [0.15, 0.2) is 54.7 Å². The third-order valence-corrected chi connectivity index (χ3v) is 3.75. The molecule has 3 rings (SSSR count). The molecule has 5 heteroatoms. The van der Waals surface area contributed by atoms with Crippen molar-refractivity contribution in [2.75, 3.05) is 6.61 Å². The highest BCUT2D eigenvalue weighted by Gasteiger charge is 2.17. The molecule has 1 amide bonds. The second-order valence-corrected chi connectivity index (χ2v) is 5.49. The summed E-state index contributed by atoms with van der Waals surface area (Å²) in [5.74, 6) is 0.424. The number of amides is 1. The maximum absolute atomic E-state index is 12.6. The molecule has 0 saturated heterocycles. The molecule has 2 heterocycles. The molecule has 0 unspecified atom stereocenters. The van der Waals surface area contributed by atoms with Crippen molar-refractivity contribution in [1.82, 2.24) is 10.3 Å². The molecule has 0 saturated carbocycles. The maximum atomic E-state index is 12.6. The van der Waals surface area contributed by atoms with E-state index in [2.05, 4.69) is 10.3 Å². The molecule has 122 valence electrons. The van der Waals surface area contributed by atoms with Gasteiger partial charge in [-0.05, 0) is 37.1 Å². The number of benzene rings is 1. The Morgan fingerprint density at radius 1 is 1.21 bits per heavy atom. The van der Waals surface area contributed by atoms with Gasteiger partial charge in [-0.3, -0.25) is 9.78 Å². The lowest BCUT2D eigenvalue weighted by atomic mass is 10.0. The van der Waals surface area contributed by atoms with Gasteiger partial charge >= 0.3 is 0 Å². The summed E-state index contributed by atoms with van der Waals surface area (Å²) >= 11 is 0. The van der Waals surface area contributed by atoms with Crippen molar-refractivity contribution >= 4 is 12.2 Å². The summed E-state index contributed by atoms with van der Waals surface area (Å²) in [5, 5.41) is 2.76. The number of nitrogens with one attached hydrogen (secondary N) is 1. The first kappa shape index (κ1) is 15.9. The topological polar surface area (TPSA) is 68.3 Å². The number of carbonyl (C=O) groups is 2. The van der Waals surface area contributed by atoms with Crippen molar-refractivity contribution in [1.29, 1.82) is 0 Å². The lowest BCUT2D eigenvalue weighted by Crippen LogP contribution is -2.36. The quantitative estimate of drug-likeness (QED) is 0.647. The molecule has 1 aliphatic rings. The summed E-state index contributed by atoms with van der Waals surface area (Å²) in [6.07, 6.45) is 7.42. The van der Waals surface area contributed by atoms with E-state index in [-0.39, 0.29) is 5.91 Å². The molecular weight excluding hydrogens is 304 g/mol. The van der Waals surface area contributed by atoms with Gasteiger partial charge in [-0.15, -0.1) is 0 Å². The zero-order valence-corrected chi connectivity index (χ0v) is 13.1. The van der Waals surface area contributed by atoms with Crippen LogP contribution >= 0.6 is 0 Å². The van der Waals surface area contributed by atoms with Gasteiger partial charge in [0.25, 0.3) is 5.91 Å². The van der Waals surface area contributed by atoms with Gasteiger partial charge in [-0.1, -0.05) is 24.3 Å². The Kier molecular flexibility index (Phi) is 5.01. The normalized spacial score (nSPS) is 17.8. The van der Waals surface area contributed by atoms with Crippen LogP contribution in [0.1, 0.15) is 23.2 Å². The fourth-order valence-electron chi connectivity index (χ4n) is 2.55. The van der Waals surface area contributed by atoms with Gasteiger partial charge in [0.1, 0.15) is 12.0 Å². The molecule has 0 spiro atoms.